The number of nitrogens with one attached hydrogen (secondary N) is 1. The van der Waals surface area contributed by atoms with Gasteiger partial charge in [-0.15, -0.1) is 0 Å². The van der Waals surface area contributed by atoms with E-state index in [0.29, 0.717) is 18.2 Å². The first kappa shape index (κ1) is 26.2. The highest BCUT2D eigenvalue weighted by Crippen LogP contribution is 2.32. The van der Waals surface area contributed by atoms with E-state index < -0.39 is 0 Å². The summed E-state index contributed by atoms with van der Waals surface area (Å²) in [4.78, 5) is 12.2. The summed E-state index contributed by atoms with van der Waals surface area (Å²) in [6.45, 7) is 7.66. The van der Waals surface area contributed by atoms with Crippen molar-refractivity contribution in [3.8, 4) is 17.4 Å². The third-order valence-electron chi connectivity index (χ3n) is 7.16. The molecule has 3 aromatic rings. The summed E-state index contributed by atoms with van der Waals surface area (Å²) in [6, 6.07) is 20.6. The van der Waals surface area contributed by atoms with E-state index in [1.165, 1.54) is 11.1 Å². The normalized spacial score (nSPS) is 18.0. The van der Waals surface area contributed by atoms with E-state index in [9.17, 15) is 0 Å². The van der Waals surface area contributed by atoms with E-state index in [1.54, 1.807) is 6.20 Å². The summed E-state index contributed by atoms with van der Waals surface area (Å²) in [6.07, 6.45) is 6.04. The lowest BCUT2D eigenvalue weighted by Crippen LogP contribution is -2.44. The van der Waals surface area contributed by atoms with Crippen LogP contribution in [-0.4, -0.2) is 61.7 Å². The van der Waals surface area contributed by atoms with Gasteiger partial charge >= 0.3 is 0 Å². The van der Waals surface area contributed by atoms with Gasteiger partial charge in [-0.2, -0.15) is 0 Å². The van der Waals surface area contributed by atoms with Crippen molar-refractivity contribution in [3.63, 3.8) is 0 Å². The number of aliphatic imine (C=N–C) groups is 1. The number of aromatic nitrogens is 1. The second kappa shape index (κ2) is 13.4. The van der Waals surface area contributed by atoms with Crippen molar-refractivity contribution in [2.75, 3.05) is 46.0 Å². The molecule has 1 N–H and O–H groups in total. The SMILES string of the molecule is Cc1ccccc1C(CNC1=NCCCCCCOc2ccccc2Oc2ncccc21)N1CCOCC1. The molecule has 0 radical (unpaired) electrons. The van der Waals surface area contributed by atoms with Crippen LogP contribution in [-0.2, 0) is 4.74 Å². The molecule has 2 aromatic carbocycles. The molecule has 1 unspecified atom stereocenters. The van der Waals surface area contributed by atoms with Crippen LogP contribution in [0.25, 0.3) is 0 Å². The number of morpholine rings is 1. The number of fused-ring (bicyclic) bond motifs is 2. The summed E-state index contributed by atoms with van der Waals surface area (Å²) in [7, 11) is 0. The predicted octanol–water partition coefficient (Wildman–Crippen LogP) is 5.54. The molecule has 7 nitrogen and oxygen atoms in total. The molecule has 2 aliphatic heterocycles. The molecule has 3 heterocycles. The van der Waals surface area contributed by atoms with Crippen LogP contribution < -0.4 is 14.8 Å². The Morgan fingerprint density at radius 2 is 1.66 bits per heavy atom. The fourth-order valence-corrected chi connectivity index (χ4v) is 5.07. The lowest BCUT2D eigenvalue weighted by Gasteiger charge is -2.36. The molecule has 0 amide bonds. The monoisotopic (exact) mass is 514 g/mol. The highest BCUT2D eigenvalue weighted by molar-refractivity contribution is 6.00. The smallest absolute Gasteiger partial charge is 0.230 e. The van der Waals surface area contributed by atoms with Gasteiger partial charge in [-0.1, -0.05) is 42.8 Å². The van der Waals surface area contributed by atoms with Gasteiger partial charge in [0.25, 0.3) is 0 Å². The second-order valence-corrected chi connectivity index (χ2v) is 9.80. The molecule has 0 spiro atoms. The molecule has 5 rings (SSSR count). The number of rotatable bonds is 4. The number of ether oxygens (including phenoxy) is 3. The molecule has 1 atom stereocenters. The van der Waals surface area contributed by atoms with Crippen molar-refractivity contribution < 1.29 is 14.2 Å². The largest absolute Gasteiger partial charge is 0.490 e. The Labute approximate surface area is 225 Å². The number of nitrogens with zero attached hydrogens (tertiary/aromatic N) is 3. The predicted molar refractivity (Wildman–Crippen MR) is 150 cm³/mol. The highest BCUT2D eigenvalue weighted by Gasteiger charge is 2.25. The molecule has 0 saturated carbocycles. The first-order valence-electron chi connectivity index (χ1n) is 13.8. The standard InChI is InChI=1S/C31H38N4O3/c1-24-11-4-5-12-25(24)27(35-18-21-36-22-19-35)23-34-30-26-13-10-17-33-31(26)38-29-15-7-6-14-28(29)37-20-9-3-2-8-16-32-30/h4-7,10-15,17,27H,2-3,8-9,16,18-23H2,1H3,(H,32,34). The Morgan fingerprint density at radius 1 is 0.868 bits per heavy atom. The number of hydrogen-bond acceptors (Lipinski definition) is 7. The maximum atomic E-state index is 6.36. The average molecular weight is 515 g/mol. The number of pyridine rings is 1. The summed E-state index contributed by atoms with van der Waals surface area (Å²) >= 11 is 0. The number of amidine groups is 1. The fraction of sp³-hybridized carbons (Fsp3) is 0.419. The van der Waals surface area contributed by atoms with Gasteiger partial charge in [0.15, 0.2) is 11.5 Å². The van der Waals surface area contributed by atoms with Gasteiger partial charge in [0.05, 0.1) is 31.4 Å². The topological polar surface area (TPSA) is 68.2 Å². The summed E-state index contributed by atoms with van der Waals surface area (Å²) in [5.41, 5.74) is 3.47. The first-order valence-corrected chi connectivity index (χ1v) is 13.8. The average Bonchev–Trinajstić information content (AvgIpc) is 2.96. The number of para-hydroxylation sites is 2. The van der Waals surface area contributed by atoms with Crippen LogP contribution in [0.3, 0.4) is 0 Å². The van der Waals surface area contributed by atoms with E-state index in [4.69, 9.17) is 19.2 Å². The molecule has 38 heavy (non-hydrogen) atoms. The summed E-state index contributed by atoms with van der Waals surface area (Å²) < 4.78 is 18.1. The van der Waals surface area contributed by atoms with Crippen LogP contribution in [0.15, 0.2) is 71.9 Å². The number of benzene rings is 2. The molecule has 1 fully saturated rings. The van der Waals surface area contributed by atoms with Gasteiger partial charge < -0.3 is 19.5 Å². The summed E-state index contributed by atoms with van der Waals surface area (Å²) in [5.74, 6) is 2.73. The van der Waals surface area contributed by atoms with Crippen molar-refractivity contribution in [2.24, 2.45) is 4.99 Å². The van der Waals surface area contributed by atoms with Gasteiger partial charge in [-0.05, 0) is 61.6 Å². The molecule has 0 aliphatic carbocycles. The number of aryl methyl sites for hydroxylation is 1. The lowest BCUT2D eigenvalue weighted by molar-refractivity contribution is 0.0169. The summed E-state index contributed by atoms with van der Waals surface area (Å²) in [5, 5.41) is 3.72. The van der Waals surface area contributed by atoms with Gasteiger partial charge in [-0.25, -0.2) is 4.98 Å². The molecule has 1 aromatic heterocycles. The van der Waals surface area contributed by atoms with Crippen molar-refractivity contribution >= 4 is 5.84 Å². The van der Waals surface area contributed by atoms with Crippen molar-refractivity contribution in [2.45, 2.75) is 38.6 Å². The number of hydrogen-bond donors (Lipinski definition) is 1. The molecule has 200 valence electrons. The Balaban J connectivity index is 1.45. The van der Waals surface area contributed by atoms with Gasteiger partial charge in [0.2, 0.25) is 5.88 Å². The van der Waals surface area contributed by atoms with Crippen LogP contribution in [0.1, 0.15) is 48.4 Å². The van der Waals surface area contributed by atoms with E-state index in [2.05, 4.69) is 46.4 Å². The molecular weight excluding hydrogens is 476 g/mol. The lowest BCUT2D eigenvalue weighted by atomic mass is 9.99. The third-order valence-corrected chi connectivity index (χ3v) is 7.16. The maximum absolute atomic E-state index is 6.36. The van der Waals surface area contributed by atoms with E-state index >= 15 is 0 Å². The van der Waals surface area contributed by atoms with E-state index in [1.807, 2.05) is 36.4 Å². The van der Waals surface area contributed by atoms with Gasteiger partial charge in [-0.3, -0.25) is 9.89 Å². The van der Waals surface area contributed by atoms with E-state index in [-0.39, 0.29) is 6.04 Å². The minimum Gasteiger partial charge on any atom is -0.490 e. The van der Waals surface area contributed by atoms with Crippen LogP contribution in [0, 0.1) is 6.92 Å². The fourth-order valence-electron chi connectivity index (χ4n) is 5.07. The first-order chi connectivity index (χ1) is 18.8. The van der Waals surface area contributed by atoms with Crippen LogP contribution in [0.2, 0.25) is 0 Å². The quantitative estimate of drug-likeness (QED) is 0.493. The van der Waals surface area contributed by atoms with Crippen LogP contribution in [0.4, 0.5) is 0 Å². The second-order valence-electron chi connectivity index (χ2n) is 9.80. The molecular formula is C31H38N4O3. The van der Waals surface area contributed by atoms with Gasteiger partial charge in [0.1, 0.15) is 5.84 Å². The minimum atomic E-state index is 0.200. The zero-order valence-electron chi connectivity index (χ0n) is 22.3. The van der Waals surface area contributed by atoms with E-state index in [0.717, 1.165) is 82.2 Å². The zero-order chi connectivity index (χ0) is 26.0. The zero-order valence-corrected chi connectivity index (χ0v) is 22.3. The van der Waals surface area contributed by atoms with Crippen LogP contribution >= 0.6 is 0 Å². The van der Waals surface area contributed by atoms with Crippen molar-refractivity contribution in [3.05, 3.63) is 83.6 Å². The molecule has 7 heteroatoms. The Bertz CT molecular complexity index is 1210. The molecule has 2 aliphatic rings. The maximum Gasteiger partial charge on any atom is 0.230 e. The Hall–Kier alpha value is -3.42. The third kappa shape index (κ3) is 6.71. The molecule has 0 bridgehead atoms. The molecule has 1 saturated heterocycles. The van der Waals surface area contributed by atoms with Crippen LogP contribution in [0.5, 0.6) is 17.4 Å². The minimum absolute atomic E-state index is 0.200. The Morgan fingerprint density at radius 3 is 2.53 bits per heavy atom. The van der Waals surface area contributed by atoms with Gasteiger partial charge in [0, 0.05) is 32.4 Å². The highest BCUT2D eigenvalue weighted by atomic mass is 16.5. The van der Waals surface area contributed by atoms with Crippen molar-refractivity contribution in [1.29, 1.82) is 0 Å². The Kier molecular flexibility index (Phi) is 9.24. The van der Waals surface area contributed by atoms with Crippen molar-refractivity contribution in [1.82, 2.24) is 15.2 Å².